The van der Waals surface area contributed by atoms with E-state index in [0.717, 1.165) is 36.1 Å². The van der Waals surface area contributed by atoms with Gasteiger partial charge in [-0.15, -0.1) is 11.3 Å². The fourth-order valence-corrected chi connectivity index (χ4v) is 5.82. The number of hydrogen-bond acceptors (Lipinski definition) is 6. The fraction of sp³-hybridized carbons (Fsp3) is 0.381. The first-order chi connectivity index (χ1) is 14.0. The van der Waals surface area contributed by atoms with Gasteiger partial charge < -0.3 is 10.5 Å². The number of methoxy groups -OCH3 is 1. The van der Waals surface area contributed by atoms with Crippen LogP contribution in [-0.4, -0.2) is 27.8 Å². The van der Waals surface area contributed by atoms with Crippen LogP contribution in [0.1, 0.15) is 36.6 Å². The number of rotatable bonds is 5. The van der Waals surface area contributed by atoms with Gasteiger partial charge in [-0.25, -0.2) is 4.98 Å². The minimum atomic E-state index is -0.506. The van der Waals surface area contributed by atoms with Crippen molar-refractivity contribution < 1.29 is 9.53 Å². The molecule has 152 valence electrons. The lowest BCUT2D eigenvalue weighted by Crippen LogP contribution is -2.26. The largest absolute Gasteiger partial charge is 0.497 e. The summed E-state index contributed by atoms with van der Waals surface area (Å²) in [5.41, 5.74) is 7.19. The molecule has 0 spiro atoms. The van der Waals surface area contributed by atoms with E-state index in [1.54, 1.807) is 36.0 Å². The molecule has 1 unspecified atom stereocenters. The molecule has 1 aliphatic carbocycles. The van der Waals surface area contributed by atoms with Crippen LogP contribution in [-0.2, 0) is 17.6 Å². The number of nitrogens with two attached hydrogens (primary N) is 1. The SMILES string of the molecule is COc1cccc(-n2c(SC(C)C(N)=O)nc3sc4c(c3c2=O)CCCCC4)c1. The van der Waals surface area contributed by atoms with E-state index in [1.165, 1.54) is 23.1 Å². The number of aromatic nitrogens is 2. The van der Waals surface area contributed by atoms with Crippen molar-refractivity contribution in [1.82, 2.24) is 9.55 Å². The monoisotopic (exact) mass is 429 g/mol. The molecule has 0 aliphatic heterocycles. The Kier molecular flexibility index (Phi) is 5.65. The van der Waals surface area contributed by atoms with Crippen molar-refractivity contribution in [3.8, 4) is 11.4 Å². The van der Waals surface area contributed by atoms with Crippen LogP contribution in [0.3, 0.4) is 0 Å². The number of thioether (sulfide) groups is 1. The molecule has 1 aliphatic rings. The van der Waals surface area contributed by atoms with Gasteiger partial charge in [0, 0.05) is 10.9 Å². The zero-order valence-corrected chi connectivity index (χ0v) is 18.1. The van der Waals surface area contributed by atoms with E-state index < -0.39 is 11.2 Å². The minimum absolute atomic E-state index is 0.0955. The molecule has 8 heteroatoms. The van der Waals surface area contributed by atoms with Crippen LogP contribution in [0.4, 0.5) is 0 Å². The summed E-state index contributed by atoms with van der Waals surface area (Å²) in [5, 5.41) is 0.679. The van der Waals surface area contributed by atoms with Crippen LogP contribution in [0.15, 0.2) is 34.2 Å². The summed E-state index contributed by atoms with van der Waals surface area (Å²) in [4.78, 5) is 32.2. The molecule has 3 aromatic rings. The van der Waals surface area contributed by atoms with Crippen molar-refractivity contribution in [2.45, 2.75) is 49.4 Å². The smallest absolute Gasteiger partial charge is 0.267 e. The van der Waals surface area contributed by atoms with E-state index in [2.05, 4.69) is 0 Å². The first-order valence-electron chi connectivity index (χ1n) is 9.67. The highest BCUT2D eigenvalue weighted by molar-refractivity contribution is 8.00. The average Bonchev–Trinajstić information content (AvgIpc) is 2.89. The molecule has 1 atom stereocenters. The molecule has 2 aromatic heterocycles. The minimum Gasteiger partial charge on any atom is -0.497 e. The first kappa shape index (κ1) is 20.0. The third-order valence-corrected chi connectivity index (χ3v) is 7.46. The maximum atomic E-state index is 13.7. The normalized spacial score (nSPS) is 15.0. The van der Waals surface area contributed by atoms with Gasteiger partial charge in [0.2, 0.25) is 5.91 Å². The van der Waals surface area contributed by atoms with Crippen molar-refractivity contribution in [1.29, 1.82) is 0 Å². The number of thiophene rings is 1. The van der Waals surface area contributed by atoms with Crippen molar-refractivity contribution in [2.75, 3.05) is 7.11 Å². The Morgan fingerprint density at radius 1 is 1.31 bits per heavy atom. The second kappa shape index (κ2) is 8.20. The number of amides is 1. The van der Waals surface area contributed by atoms with E-state index in [0.29, 0.717) is 22.0 Å². The van der Waals surface area contributed by atoms with Crippen LogP contribution in [0, 0.1) is 0 Å². The Hall–Kier alpha value is -2.32. The highest BCUT2D eigenvalue weighted by Crippen LogP contribution is 2.35. The summed E-state index contributed by atoms with van der Waals surface area (Å²) >= 11 is 2.82. The van der Waals surface area contributed by atoms with E-state index >= 15 is 0 Å². The number of aryl methyl sites for hydroxylation is 2. The highest BCUT2D eigenvalue weighted by atomic mass is 32.2. The molecule has 2 heterocycles. The van der Waals surface area contributed by atoms with Gasteiger partial charge in [0.25, 0.3) is 5.56 Å². The number of carbonyl (C=O) groups is 1. The molecule has 29 heavy (non-hydrogen) atoms. The summed E-state index contributed by atoms with van der Waals surface area (Å²) < 4.78 is 6.93. The first-order valence-corrected chi connectivity index (χ1v) is 11.4. The Morgan fingerprint density at radius 3 is 2.86 bits per heavy atom. The average molecular weight is 430 g/mol. The number of carbonyl (C=O) groups excluding carboxylic acids is 1. The van der Waals surface area contributed by atoms with E-state index in [1.807, 2.05) is 18.2 Å². The topological polar surface area (TPSA) is 87.2 Å². The van der Waals surface area contributed by atoms with Crippen LogP contribution < -0.4 is 16.0 Å². The Bertz CT molecular complexity index is 1140. The number of hydrogen-bond donors (Lipinski definition) is 1. The predicted molar refractivity (Wildman–Crippen MR) is 118 cm³/mol. The molecule has 1 aromatic carbocycles. The highest BCUT2D eigenvalue weighted by Gasteiger charge is 2.24. The molecule has 0 saturated heterocycles. The number of fused-ring (bicyclic) bond motifs is 3. The maximum Gasteiger partial charge on any atom is 0.267 e. The lowest BCUT2D eigenvalue weighted by Gasteiger charge is -2.15. The molecule has 6 nitrogen and oxygen atoms in total. The summed E-state index contributed by atoms with van der Waals surface area (Å²) in [6.45, 7) is 1.73. The zero-order valence-electron chi connectivity index (χ0n) is 16.4. The van der Waals surface area contributed by atoms with Crippen LogP contribution in [0.2, 0.25) is 0 Å². The standard InChI is InChI=1S/C21H23N3O3S2/c1-12(18(22)25)28-21-23-19-17(15-9-4-3-5-10-16(15)29-19)20(26)24(21)13-7-6-8-14(11-13)27-2/h6-8,11-12H,3-5,9-10H2,1-2H3,(H2,22,25). The quantitative estimate of drug-likeness (QED) is 0.380. The second-order valence-electron chi connectivity index (χ2n) is 7.14. The van der Waals surface area contributed by atoms with Crippen LogP contribution in [0.5, 0.6) is 5.75 Å². The summed E-state index contributed by atoms with van der Waals surface area (Å²) in [7, 11) is 1.59. The predicted octanol–water partition coefficient (Wildman–Crippen LogP) is 3.69. The number of benzene rings is 1. The van der Waals surface area contributed by atoms with Gasteiger partial charge in [0.1, 0.15) is 10.6 Å². The second-order valence-corrected chi connectivity index (χ2v) is 9.54. The van der Waals surface area contributed by atoms with Crippen LogP contribution in [0.25, 0.3) is 15.9 Å². The van der Waals surface area contributed by atoms with Crippen LogP contribution >= 0.6 is 23.1 Å². The molecule has 0 radical (unpaired) electrons. The third kappa shape index (κ3) is 3.79. The van der Waals surface area contributed by atoms with Gasteiger partial charge in [-0.05, 0) is 50.3 Å². The molecule has 2 N–H and O–H groups in total. The summed E-state index contributed by atoms with van der Waals surface area (Å²) in [6.07, 6.45) is 5.32. The van der Waals surface area contributed by atoms with Crippen molar-refractivity contribution in [3.05, 3.63) is 45.1 Å². The van der Waals surface area contributed by atoms with Gasteiger partial charge in [0.05, 0.1) is 23.4 Å². The number of nitrogens with zero attached hydrogens (tertiary/aromatic N) is 2. The van der Waals surface area contributed by atoms with Crippen molar-refractivity contribution in [2.24, 2.45) is 5.73 Å². The van der Waals surface area contributed by atoms with Gasteiger partial charge in [-0.1, -0.05) is 24.2 Å². The van der Waals surface area contributed by atoms with E-state index in [9.17, 15) is 9.59 Å². The van der Waals surface area contributed by atoms with Crippen molar-refractivity contribution in [3.63, 3.8) is 0 Å². The van der Waals surface area contributed by atoms with E-state index in [-0.39, 0.29) is 5.56 Å². The summed E-state index contributed by atoms with van der Waals surface area (Å²) in [5.74, 6) is 0.209. The Morgan fingerprint density at radius 2 is 2.10 bits per heavy atom. The molecule has 1 amide bonds. The van der Waals surface area contributed by atoms with Gasteiger partial charge in [0.15, 0.2) is 5.16 Å². The summed E-state index contributed by atoms with van der Waals surface area (Å²) in [6, 6.07) is 7.32. The molecule has 0 bridgehead atoms. The molecular weight excluding hydrogens is 406 g/mol. The molecule has 4 rings (SSSR count). The van der Waals surface area contributed by atoms with E-state index in [4.69, 9.17) is 15.5 Å². The number of primary amides is 1. The van der Waals surface area contributed by atoms with Gasteiger partial charge >= 0.3 is 0 Å². The zero-order chi connectivity index (χ0) is 20.5. The number of ether oxygens (including phenoxy) is 1. The van der Waals surface area contributed by atoms with Gasteiger partial charge in [-0.3, -0.25) is 14.2 Å². The molecule has 0 fully saturated rings. The van der Waals surface area contributed by atoms with Crippen molar-refractivity contribution >= 4 is 39.2 Å². The Labute approximate surface area is 177 Å². The third-order valence-electron chi connectivity index (χ3n) is 5.20. The molecular formula is C21H23N3O3S2. The van der Waals surface area contributed by atoms with Gasteiger partial charge in [-0.2, -0.15) is 0 Å². The maximum absolute atomic E-state index is 13.7. The lowest BCUT2D eigenvalue weighted by molar-refractivity contribution is -0.117. The molecule has 0 saturated carbocycles. The lowest BCUT2D eigenvalue weighted by atomic mass is 10.1. The Balaban J connectivity index is 1.98. The fourth-order valence-electron chi connectivity index (χ4n) is 3.64.